The molecular formula is C11H15N3O2S2. The molecule has 1 unspecified atom stereocenters. The van der Waals surface area contributed by atoms with Crippen LogP contribution in [0.5, 0.6) is 0 Å². The fourth-order valence-electron chi connectivity index (χ4n) is 1.64. The number of rotatable bonds is 5. The van der Waals surface area contributed by atoms with Crippen LogP contribution in [0.1, 0.15) is 17.6 Å². The Morgan fingerprint density at radius 2 is 2.33 bits per heavy atom. The molecule has 0 radical (unpaired) electrons. The van der Waals surface area contributed by atoms with Crippen molar-refractivity contribution >= 4 is 21.4 Å². The van der Waals surface area contributed by atoms with E-state index < -0.39 is 10.0 Å². The van der Waals surface area contributed by atoms with Gasteiger partial charge in [-0.25, -0.2) is 18.1 Å². The van der Waals surface area contributed by atoms with Crippen molar-refractivity contribution in [3.63, 3.8) is 0 Å². The molecule has 7 heteroatoms. The van der Waals surface area contributed by atoms with Gasteiger partial charge in [-0.15, -0.1) is 11.3 Å². The number of hydrogen-bond acceptors (Lipinski definition) is 4. The van der Waals surface area contributed by atoms with Gasteiger partial charge < -0.3 is 4.98 Å². The molecule has 0 saturated carbocycles. The zero-order valence-corrected chi connectivity index (χ0v) is 11.8. The second-order valence-corrected chi connectivity index (χ2v) is 6.85. The maximum Gasteiger partial charge on any atom is 0.257 e. The standard InChI is InChI=1S/C11H15N3O2S2/c1-8(6-10-4-3-5-17-10)14-18(15,16)11-7-12-9(2)13-11/h3-5,7-8,14H,6H2,1-2H3,(H,12,13). The summed E-state index contributed by atoms with van der Waals surface area (Å²) in [6, 6.07) is 3.80. The van der Waals surface area contributed by atoms with E-state index in [9.17, 15) is 8.42 Å². The summed E-state index contributed by atoms with van der Waals surface area (Å²) in [5.74, 6) is 0.585. The van der Waals surface area contributed by atoms with Crippen molar-refractivity contribution in [1.29, 1.82) is 0 Å². The van der Waals surface area contributed by atoms with Crippen LogP contribution in [0.3, 0.4) is 0 Å². The number of nitrogens with zero attached hydrogens (tertiary/aromatic N) is 1. The van der Waals surface area contributed by atoms with Gasteiger partial charge in [0.15, 0.2) is 5.03 Å². The first kappa shape index (κ1) is 13.3. The summed E-state index contributed by atoms with van der Waals surface area (Å²) in [5, 5.41) is 2.09. The molecular weight excluding hydrogens is 270 g/mol. The van der Waals surface area contributed by atoms with E-state index in [1.807, 2.05) is 24.4 Å². The highest BCUT2D eigenvalue weighted by atomic mass is 32.2. The summed E-state index contributed by atoms with van der Waals surface area (Å²) in [5.41, 5.74) is 0. The molecule has 0 bridgehead atoms. The number of aryl methyl sites for hydroxylation is 1. The van der Waals surface area contributed by atoms with Gasteiger partial charge in [0, 0.05) is 10.9 Å². The predicted octanol–water partition coefficient (Wildman–Crippen LogP) is 1.69. The molecule has 98 valence electrons. The largest absolute Gasteiger partial charge is 0.332 e. The minimum absolute atomic E-state index is 0.109. The average Bonchev–Trinajstić information content (AvgIpc) is 2.88. The van der Waals surface area contributed by atoms with Crippen LogP contribution < -0.4 is 4.72 Å². The van der Waals surface area contributed by atoms with E-state index >= 15 is 0 Å². The van der Waals surface area contributed by atoms with E-state index in [0.29, 0.717) is 12.2 Å². The lowest BCUT2D eigenvalue weighted by molar-refractivity contribution is 0.557. The Morgan fingerprint density at radius 3 is 2.89 bits per heavy atom. The van der Waals surface area contributed by atoms with Crippen LogP contribution in [0.4, 0.5) is 0 Å². The van der Waals surface area contributed by atoms with Gasteiger partial charge in [-0.2, -0.15) is 0 Å². The molecule has 2 aromatic heterocycles. The SMILES string of the molecule is Cc1ncc(S(=O)(=O)NC(C)Cc2cccs2)[nH]1. The molecule has 18 heavy (non-hydrogen) atoms. The molecule has 5 nitrogen and oxygen atoms in total. The zero-order valence-electron chi connectivity index (χ0n) is 10.2. The Labute approximate surface area is 110 Å². The predicted molar refractivity (Wildman–Crippen MR) is 71.1 cm³/mol. The molecule has 0 spiro atoms. The smallest absolute Gasteiger partial charge is 0.257 e. The summed E-state index contributed by atoms with van der Waals surface area (Å²) < 4.78 is 26.6. The van der Waals surface area contributed by atoms with Gasteiger partial charge in [-0.3, -0.25) is 0 Å². The summed E-state index contributed by atoms with van der Waals surface area (Å²) in [7, 11) is -3.51. The molecule has 0 aliphatic heterocycles. The maximum absolute atomic E-state index is 12.0. The lowest BCUT2D eigenvalue weighted by atomic mass is 10.2. The Morgan fingerprint density at radius 1 is 1.56 bits per heavy atom. The Balaban J connectivity index is 2.04. The first-order chi connectivity index (χ1) is 8.47. The third-order valence-electron chi connectivity index (χ3n) is 2.41. The Kier molecular flexibility index (Phi) is 3.84. The molecule has 0 aromatic carbocycles. The maximum atomic E-state index is 12.0. The number of aromatic nitrogens is 2. The summed E-state index contributed by atoms with van der Waals surface area (Å²) >= 11 is 1.62. The lowest BCUT2D eigenvalue weighted by Gasteiger charge is -2.12. The van der Waals surface area contributed by atoms with E-state index in [-0.39, 0.29) is 11.1 Å². The van der Waals surface area contributed by atoms with Crippen molar-refractivity contribution in [1.82, 2.24) is 14.7 Å². The molecule has 2 N–H and O–H groups in total. The minimum atomic E-state index is -3.51. The topological polar surface area (TPSA) is 74.8 Å². The highest BCUT2D eigenvalue weighted by molar-refractivity contribution is 7.89. The van der Waals surface area contributed by atoms with Crippen LogP contribution in [0.2, 0.25) is 0 Å². The van der Waals surface area contributed by atoms with Gasteiger partial charge in [0.1, 0.15) is 5.82 Å². The molecule has 2 aromatic rings. The summed E-state index contributed by atoms with van der Waals surface area (Å²) in [6.07, 6.45) is 2.01. The molecule has 0 aliphatic carbocycles. The number of aromatic amines is 1. The quantitative estimate of drug-likeness (QED) is 0.878. The lowest BCUT2D eigenvalue weighted by Crippen LogP contribution is -2.34. The molecule has 0 amide bonds. The first-order valence-electron chi connectivity index (χ1n) is 5.54. The first-order valence-corrected chi connectivity index (χ1v) is 7.90. The van der Waals surface area contributed by atoms with Gasteiger partial charge in [-0.05, 0) is 31.7 Å². The molecule has 0 aliphatic rings. The van der Waals surface area contributed by atoms with Crippen LogP contribution >= 0.6 is 11.3 Å². The highest BCUT2D eigenvalue weighted by Crippen LogP contribution is 2.12. The number of thiophene rings is 1. The Hall–Kier alpha value is -1.18. The van der Waals surface area contributed by atoms with Gasteiger partial charge in [-0.1, -0.05) is 6.07 Å². The second kappa shape index (κ2) is 5.21. The van der Waals surface area contributed by atoms with Crippen LogP contribution in [0.25, 0.3) is 0 Å². The third-order valence-corrected chi connectivity index (χ3v) is 4.81. The monoisotopic (exact) mass is 285 g/mol. The molecule has 2 heterocycles. The number of nitrogens with one attached hydrogen (secondary N) is 2. The van der Waals surface area contributed by atoms with Crippen molar-refractivity contribution in [3.05, 3.63) is 34.4 Å². The van der Waals surface area contributed by atoms with Gasteiger partial charge in [0.25, 0.3) is 10.0 Å². The van der Waals surface area contributed by atoms with E-state index in [2.05, 4.69) is 14.7 Å². The fraction of sp³-hybridized carbons (Fsp3) is 0.364. The summed E-state index contributed by atoms with van der Waals surface area (Å²) in [6.45, 7) is 3.56. The van der Waals surface area contributed by atoms with Crippen molar-refractivity contribution in [3.8, 4) is 0 Å². The van der Waals surface area contributed by atoms with Gasteiger partial charge >= 0.3 is 0 Å². The van der Waals surface area contributed by atoms with Crippen molar-refractivity contribution in [2.45, 2.75) is 31.3 Å². The number of sulfonamides is 1. The van der Waals surface area contributed by atoms with Crippen molar-refractivity contribution in [2.24, 2.45) is 0 Å². The second-order valence-electron chi connectivity index (χ2n) is 4.14. The van der Waals surface area contributed by atoms with Crippen LogP contribution in [0, 0.1) is 6.92 Å². The number of imidazole rings is 1. The van der Waals surface area contributed by atoms with Gasteiger partial charge in [0.05, 0.1) is 6.20 Å². The number of hydrogen-bond donors (Lipinski definition) is 2. The van der Waals surface area contributed by atoms with Crippen LogP contribution in [0.15, 0.2) is 28.7 Å². The normalized spacial score (nSPS) is 13.7. The fourth-order valence-corrected chi connectivity index (χ4v) is 3.68. The van der Waals surface area contributed by atoms with E-state index in [0.717, 1.165) is 4.88 Å². The molecule has 0 fully saturated rings. The minimum Gasteiger partial charge on any atom is -0.332 e. The van der Waals surface area contributed by atoms with Crippen LogP contribution in [-0.4, -0.2) is 24.4 Å². The van der Waals surface area contributed by atoms with Crippen molar-refractivity contribution < 1.29 is 8.42 Å². The highest BCUT2D eigenvalue weighted by Gasteiger charge is 2.19. The molecule has 0 saturated heterocycles. The van der Waals surface area contributed by atoms with Crippen molar-refractivity contribution in [2.75, 3.05) is 0 Å². The van der Waals surface area contributed by atoms with E-state index in [4.69, 9.17) is 0 Å². The molecule has 1 atom stereocenters. The number of H-pyrrole nitrogens is 1. The van der Waals surface area contributed by atoms with E-state index in [1.165, 1.54) is 6.20 Å². The Bertz CT molecular complexity index is 602. The zero-order chi connectivity index (χ0) is 13.2. The summed E-state index contributed by atoms with van der Waals surface area (Å²) in [4.78, 5) is 7.77. The van der Waals surface area contributed by atoms with E-state index in [1.54, 1.807) is 18.3 Å². The average molecular weight is 285 g/mol. The van der Waals surface area contributed by atoms with Crippen LogP contribution in [-0.2, 0) is 16.4 Å². The third kappa shape index (κ3) is 3.18. The van der Waals surface area contributed by atoms with Gasteiger partial charge in [0.2, 0.25) is 0 Å². The molecule has 2 rings (SSSR count).